The fraction of sp³-hybridized carbons (Fsp3) is 0.250. The maximum Gasteiger partial charge on any atom is 0.253 e. The van der Waals surface area contributed by atoms with E-state index in [0.717, 1.165) is 12.8 Å². The summed E-state index contributed by atoms with van der Waals surface area (Å²) in [5, 5.41) is 3.23. The lowest BCUT2D eigenvalue weighted by Crippen LogP contribution is -2.25. The molecule has 1 aliphatic rings. The molecular weight excluding hydrogens is 207 g/mol. The minimum atomic E-state index is -0.361. The van der Waals surface area contributed by atoms with E-state index in [1.807, 2.05) is 0 Å². The van der Waals surface area contributed by atoms with E-state index in [1.165, 1.54) is 6.07 Å². The monoisotopic (exact) mass is 218 g/mol. The summed E-state index contributed by atoms with van der Waals surface area (Å²) in [6, 6.07) is 5.02. The Kier molecular flexibility index (Phi) is 1.96. The topological polar surface area (TPSA) is 44.9 Å². The fourth-order valence-corrected chi connectivity index (χ4v) is 1.81. The van der Waals surface area contributed by atoms with Crippen LogP contribution in [0, 0.1) is 5.82 Å². The smallest absolute Gasteiger partial charge is 0.253 e. The Morgan fingerprint density at radius 2 is 2.25 bits per heavy atom. The van der Waals surface area contributed by atoms with Gasteiger partial charge in [0.1, 0.15) is 5.82 Å². The Labute approximate surface area is 91.7 Å². The predicted octanol–water partition coefficient (Wildman–Crippen LogP) is 2.20. The number of carbonyl (C=O) groups is 1. The lowest BCUT2D eigenvalue weighted by Gasteiger charge is -2.01. The number of nitrogens with one attached hydrogen (secondary N) is 2. The lowest BCUT2D eigenvalue weighted by atomic mass is 10.1. The van der Waals surface area contributed by atoms with Gasteiger partial charge in [-0.05, 0) is 25.0 Å². The highest BCUT2D eigenvalue weighted by Gasteiger charge is 2.25. The molecule has 0 unspecified atom stereocenters. The molecule has 1 amide bonds. The second kappa shape index (κ2) is 3.33. The second-order valence-electron chi connectivity index (χ2n) is 4.11. The number of carbonyl (C=O) groups excluding carboxylic acids is 1. The normalized spacial score (nSPS) is 15.3. The van der Waals surface area contributed by atoms with Crippen molar-refractivity contribution in [3.8, 4) is 0 Å². The summed E-state index contributed by atoms with van der Waals surface area (Å²) < 4.78 is 13.6. The van der Waals surface area contributed by atoms with E-state index in [2.05, 4.69) is 10.3 Å². The van der Waals surface area contributed by atoms with Crippen molar-refractivity contribution in [1.29, 1.82) is 0 Å². The van der Waals surface area contributed by atoms with Crippen LogP contribution in [0.1, 0.15) is 23.2 Å². The molecule has 0 saturated heterocycles. The highest BCUT2D eigenvalue weighted by molar-refractivity contribution is 6.07. The van der Waals surface area contributed by atoms with E-state index >= 15 is 0 Å². The number of aromatic nitrogens is 1. The summed E-state index contributed by atoms with van der Waals surface area (Å²) in [6.45, 7) is 0. The summed E-state index contributed by atoms with van der Waals surface area (Å²) in [6.07, 6.45) is 3.61. The van der Waals surface area contributed by atoms with Gasteiger partial charge in [0.15, 0.2) is 0 Å². The summed E-state index contributed by atoms with van der Waals surface area (Å²) in [4.78, 5) is 14.7. The third kappa shape index (κ3) is 1.46. The van der Waals surface area contributed by atoms with E-state index < -0.39 is 0 Å². The highest BCUT2D eigenvalue weighted by atomic mass is 19.1. The molecule has 1 heterocycles. The van der Waals surface area contributed by atoms with Crippen LogP contribution in [0.3, 0.4) is 0 Å². The van der Waals surface area contributed by atoms with Crippen LogP contribution in [-0.2, 0) is 0 Å². The Hall–Kier alpha value is -1.84. The number of halogens is 1. The first-order valence-corrected chi connectivity index (χ1v) is 5.32. The van der Waals surface area contributed by atoms with E-state index in [9.17, 15) is 9.18 Å². The van der Waals surface area contributed by atoms with Gasteiger partial charge in [-0.25, -0.2) is 4.39 Å². The first-order valence-electron chi connectivity index (χ1n) is 5.32. The van der Waals surface area contributed by atoms with E-state index in [-0.39, 0.29) is 17.8 Å². The number of rotatable bonds is 2. The van der Waals surface area contributed by atoms with Crippen molar-refractivity contribution in [2.45, 2.75) is 18.9 Å². The first kappa shape index (κ1) is 9.39. The number of hydrogen-bond donors (Lipinski definition) is 2. The number of fused-ring (bicyclic) bond motifs is 1. The van der Waals surface area contributed by atoms with Crippen molar-refractivity contribution < 1.29 is 9.18 Å². The third-order valence-electron chi connectivity index (χ3n) is 2.81. The first-order chi connectivity index (χ1) is 7.75. The van der Waals surface area contributed by atoms with E-state index in [0.29, 0.717) is 16.5 Å². The van der Waals surface area contributed by atoms with Crippen molar-refractivity contribution in [2.24, 2.45) is 0 Å². The molecule has 3 nitrogen and oxygen atoms in total. The quantitative estimate of drug-likeness (QED) is 0.797. The zero-order valence-corrected chi connectivity index (χ0v) is 8.59. The molecule has 1 aliphatic carbocycles. The Morgan fingerprint density at radius 3 is 3.00 bits per heavy atom. The summed E-state index contributed by atoms with van der Waals surface area (Å²) in [7, 11) is 0. The average molecular weight is 218 g/mol. The lowest BCUT2D eigenvalue weighted by molar-refractivity contribution is 0.0952. The molecule has 82 valence electrons. The Morgan fingerprint density at radius 1 is 1.44 bits per heavy atom. The molecule has 0 spiro atoms. The van der Waals surface area contributed by atoms with Crippen molar-refractivity contribution in [1.82, 2.24) is 10.3 Å². The molecule has 0 aliphatic heterocycles. The molecule has 3 rings (SSSR count). The van der Waals surface area contributed by atoms with Gasteiger partial charge in [-0.15, -0.1) is 0 Å². The van der Waals surface area contributed by atoms with Crippen LogP contribution < -0.4 is 5.32 Å². The standard InChI is InChI=1S/C12H11FN2O/c13-9-2-1-3-10-11(9)8(6-14-10)12(16)15-7-4-5-7/h1-3,6-7,14H,4-5H2,(H,15,16). The van der Waals surface area contributed by atoms with Gasteiger partial charge in [-0.3, -0.25) is 4.79 Å². The minimum absolute atomic E-state index is 0.196. The van der Waals surface area contributed by atoms with Gasteiger partial charge >= 0.3 is 0 Å². The summed E-state index contributed by atoms with van der Waals surface area (Å²) >= 11 is 0. The van der Waals surface area contributed by atoms with Crippen molar-refractivity contribution in [2.75, 3.05) is 0 Å². The maximum absolute atomic E-state index is 13.6. The molecule has 4 heteroatoms. The third-order valence-corrected chi connectivity index (χ3v) is 2.81. The molecule has 1 aromatic heterocycles. The van der Waals surface area contributed by atoms with E-state index in [1.54, 1.807) is 18.3 Å². The number of H-pyrrole nitrogens is 1. The van der Waals surface area contributed by atoms with Crippen LogP contribution in [-0.4, -0.2) is 16.9 Å². The predicted molar refractivity (Wildman–Crippen MR) is 58.7 cm³/mol. The molecule has 0 atom stereocenters. The van der Waals surface area contributed by atoms with Crippen molar-refractivity contribution in [3.63, 3.8) is 0 Å². The fourth-order valence-electron chi connectivity index (χ4n) is 1.81. The van der Waals surface area contributed by atoms with Gasteiger partial charge < -0.3 is 10.3 Å². The number of benzene rings is 1. The Balaban J connectivity index is 2.05. The Bertz CT molecular complexity index is 557. The van der Waals surface area contributed by atoms with Crippen LogP contribution in [0.2, 0.25) is 0 Å². The molecule has 1 aromatic carbocycles. The number of amides is 1. The maximum atomic E-state index is 13.6. The largest absolute Gasteiger partial charge is 0.360 e. The van der Waals surface area contributed by atoms with Crippen molar-refractivity contribution in [3.05, 3.63) is 35.8 Å². The van der Waals surface area contributed by atoms with Crippen LogP contribution in [0.15, 0.2) is 24.4 Å². The zero-order valence-electron chi connectivity index (χ0n) is 8.59. The molecule has 16 heavy (non-hydrogen) atoms. The highest BCUT2D eigenvalue weighted by Crippen LogP contribution is 2.24. The van der Waals surface area contributed by atoms with Gasteiger partial charge in [0.05, 0.1) is 5.56 Å². The van der Waals surface area contributed by atoms with Crippen LogP contribution in [0.4, 0.5) is 4.39 Å². The van der Waals surface area contributed by atoms with Gasteiger partial charge in [-0.1, -0.05) is 6.07 Å². The van der Waals surface area contributed by atoms with Crippen LogP contribution >= 0.6 is 0 Å². The molecule has 1 saturated carbocycles. The molecule has 0 radical (unpaired) electrons. The van der Waals surface area contributed by atoms with Crippen LogP contribution in [0.25, 0.3) is 10.9 Å². The molecule has 2 aromatic rings. The molecule has 2 N–H and O–H groups in total. The van der Waals surface area contributed by atoms with Crippen molar-refractivity contribution >= 4 is 16.8 Å². The summed E-state index contributed by atoms with van der Waals surface area (Å²) in [5.74, 6) is -0.557. The summed E-state index contributed by atoms with van der Waals surface area (Å²) in [5.41, 5.74) is 1.04. The second-order valence-corrected chi connectivity index (χ2v) is 4.11. The van der Waals surface area contributed by atoms with Gasteiger partial charge in [-0.2, -0.15) is 0 Å². The van der Waals surface area contributed by atoms with Gasteiger partial charge in [0.2, 0.25) is 0 Å². The average Bonchev–Trinajstić information content (AvgIpc) is 2.96. The van der Waals surface area contributed by atoms with Gasteiger partial charge in [0.25, 0.3) is 5.91 Å². The van der Waals surface area contributed by atoms with Gasteiger partial charge in [0, 0.05) is 23.1 Å². The SMILES string of the molecule is O=C(NC1CC1)c1c[nH]c2cccc(F)c12. The molecule has 1 fully saturated rings. The minimum Gasteiger partial charge on any atom is -0.360 e. The molecular formula is C12H11FN2O. The molecule has 0 bridgehead atoms. The zero-order chi connectivity index (χ0) is 11.1. The number of hydrogen-bond acceptors (Lipinski definition) is 1. The number of aromatic amines is 1. The van der Waals surface area contributed by atoms with E-state index in [4.69, 9.17) is 0 Å². The van der Waals surface area contributed by atoms with Crippen LogP contribution in [0.5, 0.6) is 0 Å².